The lowest BCUT2D eigenvalue weighted by Crippen LogP contribution is -2.57. The van der Waals surface area contributed by atoms with Gasteiger partial charge in [-0.2, -0.15) is 13.2 Å². The molecule has 6 nitrogen and oxygen atoms in total. The van der Waals surface area contributed by atoms with Crippen molar-refractivity contribution in [3.05, 3.63) is 29.3 Å². The maximum Gasteiger partial charge on any atom is 0.405 e. The average Bonchev–Trinajstić information content (AvgIpc) is 3.05. The van der Waals surface area contributed by atoms with Crippen LogP contribution in [0, 0.1) is 0 Å². The summed E-state index contributed by atoms with van der Waals surface area (Å²) in [6, 6.07) is 3.17. The standard InChI is InChI=1S/C18H23F3N4O2.ClH/c1-12(26)25-7-4-13-10-14(2-3-15(13)25)17(27)23-11-16(18(19,20)21)24-8-5-22-6-9-24;/h2-3,10,16,22H,4-9,11H2,1H3,(H,23,27);1H. The van der Waals surface area contributed by atoms with Crippen molar-refractivity contribution >= 4 is 29.9 Å². The summed E-state index contributed by atoms with van der Waals surface area (Å²) in [5, 5.41) is 5.45. The highest BCUT2D eigenvalue weighted by atomic mass is 35.5. The molecule has 28 heavy (non-hydrogen) atoms. The lowest BCUT2D eigenvalue weighted by atomic mass is 10.1. The number of benzene rings is 1. The number of alkyl halides is 3. The number of carbonyl (C=O) groups is 2. The van der Waals surface area contributed by atoms with E-state index in [2.05, 4.69) is 10.6 Å². The first-order valence-electron chi connectivity index (χ1n) is 8.98. The summed E-state index contributed by atoms with van der Waals surface area (Å²) in [6.07, 6.45) is -3.79. The minimum atomic E-state index is -4.41. The molecule has 1 unspecified atom stereocenters. The summed E-state index contributed by atoms with van der Waals surface area (Å²) in [4.78, 5) is 26.9. The van der Waals surface area contributed by atoms with Gasteiger partial charge < -0.3 is 15.5 Å². The van der Waals surface area contributed by atoms with Crippen molar-refractivity contribution in [2.24, 2.45) is 0 Å². The van der Waals surface area contributed by atoms with Crippen LogP contribution in [0.5, 0.6) is 0 Å². The monoisotopic (exact) mass is 420 g/mol. The third-order valence-electron chi connectivity index (χ3n) is 5.04. The largest absolute Gasteiger partial charge is 0.405 e. The molecule has 0 radical (unpaired) electrons. The topological polar surface area (TPSA) is 64.7 Å². The number of fused-ring (bicyclic) bond motifs is 1. The molecule has 1 saturated heterocycles. The zero-order valence-electron chi connectivity index (χ0n) is 15.5. The number of piperazine rings is 1. The molecule has 1 aromatic rings. The molecule has 0 saturated carbocycles. The third kappa shape index (κ3) is 4.95. The highest BCUT2D eigenvalue weighted by molar-refractivity contribution is 5.97. The summed E-state index contributed by atoms with van der Waals surface area (Å²) in [5.74, 6) is -0.613. The summed E-state index contributed by atoms with van der Waals surface area (Å²) < 4.78 is 40.2. The van der Waals surface area contributed by atoms with Crippen molar-refractivity contribution in [2.45, 2.75) is 25.6 Å². The van der Waals surface area contributed by atoms with Gasteiger partial charge in [0, 0.05) is 57.4 Å². The number of nitrogens with one attached hydrogen (secondary N) is 2. The Bertz CT molecular complexity index is 723. The molecule has 2 aliphatic rings. The minimum Gasteiger partial charge on any atom is -0.350 e. The first kappa shape index (κ1) is 22.4. The first-order valence-corrected chi connectivity index (χ1v) is 8.98. The van der Waals surface area contributed by atoms with E-state index in [0.29, 0.717) is 44.7 Å². The highest BCUT2D eigenvalue weighted by Crippen LogP contribution is 2.29. The zero-order chi connectivity index (χ0) is 19.6. The number of rotatable bonds is 4. The van der Waals surface area contributed by atoms with E-state index < -0.39 is 24.7 Å². The molecule has 2 amide bonds. The molecule has 156 valence electrons. The van der Waals surface area contributed by atoms with Crippen molar-refractivity contribution in [1.29, 1.82) is 0 Å². The molecule has 1 atom stereocenters. The van der Waals surface area contributed by atoms with Crippen LogP contribution < -0.4 is 15.5 Å². The van der Waals surface area contributed by atoms with Crippen molar-refractivity contribution in [2.75, 3.05) is 44.2 Å². The van der Waals surface area contributed by atoms with Gasteiger partial charge in [-0.15, -0.1) is 12.4 Å². The van der Waals surface area contributed by atoms with Crippen LogP contribution in [-0.4, -0.2) is 68.2 Å². The average molecular weight is 421 g/mol. The van der Waals surface area contributed by atoms with E-state index in [1.807, 2.05) is 0 Å². The zero-order valence-corrected chi connectivity index (χ0v) is 16.3. The van der Waals surface area contributed by atoms with Gasteiger partial charge in [0.15, 0.2) is 0 Å². The maximum atomic E-state index is 13.4. The van der Waals surface area contributed by atoms with Crippen molar-refractivity contribution in [3.8, 4) is 0 Å². The molecular weight excluding hydrogens is 397 g/mol. The fraction of sp³-hybridized carbons (Fsp3) is 0.556. The van der Waals surface area contributed by atoms with Gasteiger partial charge in [-0.3, -0.25) is 14.5 Å². The molecule has 0 aromatic heterocycles. The Morgan fingerprint density at radius 1 is 1.21 bits per heavy atom. The summed E-state index contributed by atoms with van der Waals surface area (Å²) in [5.41, 5.74) is 1.92. The molecule has 2 aliphatic heterocycles. The van der Waals surface area contributed by atoms with Gasteiger partial charge in [-0.05, 0) is 30.2 Å². The highest BCUT2D eigenvalue weighted by Gasteiger charge is 2.43. The summed E-state index contributed by atoms with van der Waals surface area (Å²) >= 11 is 0. The second-order valence-electron chi connectivity index (χ2n) is 6.82. The number of amides is 2. The van der Waals surface area contributed by atoms with Crippen LogP contribution in [0.15, 0.2) is 18.2 Å². The van der Waals surface area contributed by atoms with Gasteiger partial charge in [0.1, 0.15) is 6.04 Å². The van der Waals surface area contributed by atoms with Crippen LogP contribution in [0.25, 0.3) is 0 Å². The predicted molar refractivity (Wildman–Crippen MR) is 102 cm³/mol. The van der Waals surface area contributed by atoms with Crippen LogP contribution in [0.4, 0.5) is 18.9 Å². The smallest absolute Gasteiger partial charge is 0.350 e. The molecule has 0 spiro atoms. The molecule has 10 heteroatoms. The molecule has 0 aliphatic carbocycles. The quantitative estimate of drug-likeness (QED) is 0.776. The lowest BCUT2D eigenvalue weighted by molar-refractivity contribution is -0.183. The van der Waals surface area contributed by atoms with Gasteiger partial charge in [0.2, 0.25) is 5.91 Å². The lowest BCUT2D eigenvalue weighted by Gasteiger charge is -2.35. The molecule has 3 rings (SSSR count). The number of nitrogens with zero attached hydrogens (tertiary/aromatic N) is 2. The SMILES string of the molecule is CC(=O)N1CCc2cc(C(=O)NCC(N3CCNCC3)C(F)(F)F)ccc21.Cl. The van der Waals surface area contributed by atoms with Crippen molar-refractivity contribution < 1.29 is 22.8 Å². The second-order valence-corrected chi connectivity index (χ2v) is 6.82. The third-order valence-corrected chi connectivity index (χ3v) is 5.04. The number of anilines is 1. The van der Waals surface area contributed by atoms with E-state index in [1.54, 1.807) is 23.1 Å². The normalized spacial score (nSPS) is 18.2. The van der Waals surface area contributed by atoms with E-state index in [1.165, 1.54) is 11.8 Å². The van der Waals surface area contributed by atoms with Gasteiger partial charge in [0.05, 0.1) is 0 Å². The fourth-order valence-corrected chi connectivity index (χ4v) is 3.61. The number of halogens is 4. The Morgan fingerprint density at radius 2 is 1.89 bits per heavy atom. The number of hydrogen-bond acceptors (Lipinski definition) is 4. The van der Waals surface area contributed by atoms with Gasteiger partial charge in [0.25, 0.3) is 5.91 Å². The van der Waals surface area contributed by atoms with Gasteiger partial charge in [-0.1, -0.05) is 0 Å². The second kappa shape index (κ2) is 9.11. The molecule has 1 fully saturated rings. The molecule has 2 N–H and O–H groups in total. The van der Waals surface area contributed by atoms with Crippen LogP contribution in [0.3, 0.4) is 0 Å². The summed E-state index contributed by atoms with van der Waals surface area (Å²) in [6.45, 7) is 3.12. The van der Waals surface area contributed by atoms with Crippen molar-refractivity contribution in [3.63, 3.8) is 0 Å². The molecule has 0 bridgehead atoms. The Morgan fingerprint density at radius 3 is 2.50 bits per heavy atom. The van der Waals surface area contributed by atoms with Crippen LogP contribution in [-0.2, 0) is 11.2 Å². The van der Waals surface area contributed by atoms with Crippen LogP contribution in [0.2, 0.25) is 0 Å². The molecule has 1 aromatic carbocycles. The maximum absolute atomic E-state index is 13.4. The number of carbonyl (C=O) groups excluding carboxylic acids is 2. The van der Waals surface area contributed by atoms with E-state index in [-0.39, 0.29) is 18.3 Å². The van der Waals surface area contributed by atoms with E-state index >= 15 is 0 Å². The van der Waals surface area contributed by atoms with Crippen LogP contribution >= 0.6 is 12.4 Å². The molecular formula is C18H24ClF3N4O2. The van der Waals surface area contributed by atoms with E-state index in [9.17, 15) is 22.8 Å². The summed E-state index contributed by atoms with van der Waals surface area (Å²) in [7, 11) is 0. The molecule has 2 heterocycles. The Kier molecular flexibility index (Phi) is 7.30. The van der Waals surface area contributed by atoms with Gasteiger partial charge in [-0.25, -0.2) is 0 Å². The Hall–Kier alpha value is -1.84. The fourth-order valence-electron chi connectivity index (χ4n) is 3.61. The first-order chi connectivity index (χ1) is 12.8. The van der Waals surface area contributed by atoms with Crippen molar-refractivity contribution in [1.82, 2.24) is 15.5 Å². The Labute approximate surface area is 167 Å². The predicted octanol–water partition coefficient (Wildman–Crippen LogP) is 1.58. The Balaban J connectivity index is 0.00000280. The van der Waals surface area contributed by atoms with E-state index in [4.69, 9.17) is 0 Å². The van der Waals surface area contributed by atoms with Crippen LogP contribution in [0.1, 0.15) is 22.8 Å². The van der Waals surface area contributed by atoms with E-state index in [0.717, 1.165) is 11.3 Å². The number of hydrogen-bond donors (Lipinski definition) is 2. The van der Waals surface area contributed by atoms with Gasteiger partial charge >= 0.3 is 6.18 Å². The minimum absolute atomic E-state index is 0.